The largest absolute Gasteiger partial charge is 0.325 e. The second-order valence-electron chi connectivity index (χ2n) is 9.85. The third-order valence-electron chi connectivity index (χ3n) is 7.10. The Morgan fingerprint density at radius 3 is 2.81 bits per heavy atom. The van der Waals surface area contributed by atoms with Crippen molar-refractivity contribution in [2.24, 2.45) is 5.92 Å². The molecule has 0 saturated heterocycles. The van der Waals surface area contributed by atoms with Gasteiger partial charge in [-0.25, -0.2) is 9.97 Å². The van der Waals surface area contributed by atoms with Crippen LogP contribution < -0.4 is 10.6 Å². The smallest absolute Gasteiger partial charge is 0.238 e. The van der Waals surface area contributed by atoms with Crippen LogP contribution in [0.5, 0.6) is 0 Å². The summed E-state index contributed by atoms with van der Waals surface area (Å²) in [5.41, 5.74) is 3.16. The van der Waals surface area contributed by atoms with E-state index in [0.717, 1.165) is 35.5 Å². The van der Waals surface area contributed by atoms with E-state index in [9.17, 15) is 10.1 Å². The van der Waals surface area contributed by atoms with Crippen LogP contribution in [-0.2, 0) is 4.79 Å². The Balaban J connectivity index is 1.25. The van der Waals surface area contributed by atoms with E-state index in [1.54, 1.807) is 12.4 Å². The van der Waals surface area contributed by atoms with Crippen LogP contribution in [0.3, 0.4) is 0 Å². The van der Waals surface area contributed by atoms with E-state index >= 15 is 0 Å². The van der Waals surface area contributed by atoms with Gasteiger partial charge in [0, 0.05) is 35.4 Å². The molecule has 5 rings (SSSR count). The molecular weight excluding hydrogens is 452 g/mol. The van der Waals surface area contributed by atoms with Crippen molar-refractivity contribution in [3.63, 3.8) is 0 Å². The minimum absolute atomic E-state index is 0.0240. The van der Waals surface area contributed by atoms with E-state index in [2.05, 4.69) is 36.7 Å². The van der Waals surface area contributed by atoms with Gasteiger partial charge >= 0.3 is 0 Å². The number of benzene rings is 1. The number of carbonyl (C=O) groups is 1. The van der Waals surface area contributed by atoms with Gasteiger partial charge in [-0.05, 0) is 62.9 Å². The minimum atomic E-state index is -0.0240. The van der Waals surface area contributed by atoms with Crippen LogP contribution in [0.1, 0.15) is 51.0 Å². The number of carbonyl (C=O) groups excluding carboxylic acids is 1. The normalized spacial score (nSPS) is 16.6. The van der Waals surface area contributed by atoms with Gasteiger partial charge in [-0.3, -0.25) is 14.4 Å². The molecule has 2 aromatic heterocycles. The Bertz CT molecular complexity index is 1240. The van der Waals surface area contributed by atoms with Gasteiger partial charge in [0.2, 0.25) is 11.9 Å². The Morgan fingerprint density at radius 1 is 1.22 bits per heavy atom. The molecule has 2 aliphatic rings. The van der Waals surface area contributed by atoms with E-state index in [1.807, 2.05) is 48.3 Å². The lowest BCUT2D eigenvalue weighted by molar-refractivity contribution is -0.117. The fraction of sp³-hybridized carbons (Fsp3) is 0.444. The van der Waals surface area contributed by atoms with Gasteiger partial charge in [-0.1, -0.05) is 18.9 Å². The Morgan fingerprint density at radius 2 is 2.03 bits per heavy atom. The lowest BCUT2D eigenvalue weighted by Crippen LogP contribution is -2.31. The highest BCUT2D eigenvalue weighted by Gasteiger charge is 2.28. The molecule has 1 aromatic carbocycles. The van der Waals surface area contributed by atoms with Crippen LogP contribution in [0, 0.1) is 17.2 Å². The maximum Gasteiger partial charge on any atom is 0.238 e. The third-order valence-corrected chi connectivity index (χ3v) is 7.10. The molecule has 0 radical (unpaired) electrons. The second kappa shape index (κ2) is 10.9. The predicted molar refractivity (Wildman–Crippen MR) is 138 cm³/mol. The Kier molecular flexibility index (Phi) is 7.23. The van der Waals surface area contributed by atoms with Crippen LogP contribution in [0.15, 0.2) is 48.9 Å². The van der Waals surface area contributed by atoms with Crippen molar-refractivity contribution in [1.82, 2.24) is 24.6 Å². The van der Waals surface area contributed by atoms with Crippen molar-refractivity contribution < 1.29 is 4.79 Å². The molecule has 1 unspecified atom stereocenters. The molecule has 9 heteroatoms. The fourth-order valence-corrected chi connectivity index (χ4v) is 5.02. The highest BCUT2D eigenvalue weighted by Crippen LogP contribution is 2.36. The minimum Gasteiger partial charge on any atom is -0.325 e. The maximum absolute atomic E-state index is 12.4. The molecule has 3 aromatic rings. The molecule has 0 bridgehead atoms. The summed E-state index contributed by atoms with van der Waals surface area (Å²) in [6.45, 7) is 0.386. The van der Waals surface area contributed by atoms with E-state index < -0.39 is 0 Å². The lowest BCUT2D eigenvalue weighted by atomic mass is 9.96. The zero-order chi connectivity index (χ0) is 24.9. The predicted octanol–water partition coefficient (Wildman–Crippen LogP) is 4.76. The summed E-state index contributed by atoms with van der Waals surface area (Å²) in [5.74, 6) is 0.938. The molecule has 186 valence electrons. The lowest BCUT2D eigenvalue weighted by Gasteiger charge is -2.21. The van der Waals surface area contributed by atoms with Crippen LogP contribution in [0.2, 0.25) is 0 Å². The molecule has 9 nitrogen and oxygen atoms in total. The van der Waals surface area contributed by atoms with Crippen molar-refractivity contribution >= 4 is 23.2 Å². The summed E-state index contributed by atoms with van der Waals surface area (Å²) in [5, 5.41) is 20.1. The average Bonchev–Trinajstić information content (AvgIpc) is 3.37. The average molecular weight is 485 g/mol. The van der Waals surface area contributed by atoms with E-state index in [4.69, 9.17) is 0 Å². The molecule has 2 saturated carbocycles. The van der Waals surface area contributed by atoms with Crippen molar-refractivity contribution in [2.45, 2.75) is 57.0 Å². The number of nitrogens with one attached hydrogen (secondary N) is 2. The number of amides is 1. The maximum atomic E-state index is 12.4. The molecule has 1 atom stereocenters. The number of rotatable bonds is 10. The van der Waals surface area contributed by atoms with Crippen LogP contribution in [0.25, 0.3) is 11.3 Å². The molecule has 2 aliphatic carbocycles. The van der Waals surface area contributed by atoms with Crippen molar-refractivity contribution in [3.05, 3.63) is 48.9 Å². The van der Waals surface area contributed by atoms with Crippen molar-refractivity contribution in [1.29, 1.82) is 5.26 Å². The zero-order valence-corrected chi connectivity index (χ0v) is 20.6. The number of hydrogen-bond donors (Lipinski definition) is 2. The summed E-state index contributed by atoms with van der Waals surface area (Å²) < 4.78 is 1.94. The topological polar surface area (TPSA) is 112 Å². The van der Waals surface area contributed by atoms with E-state index in [1.165, 1.54) is 25.7 Å². The molecule has 36 heavy (non-hydrogen) atoms. The number of anilines is 3. The van der Waals surface area contributed by atoms with Gasteiger partial charge in [-0.2, -0.15) is 10.4 Å². The van der Waals surface area contributed by atoms with Crippen molar-refractivity contribution in [2.75, 3.05) is 24.2 Å². The van der Waals surface area contributed by atoms with Crippen LogP contribution >= 0.6 is 0 Å². The summed E-state index contributed by atoms with van der Waals surface area (Å²) in [4.78, 5) is 23.5. The molecule has 2 fully saturated rings. The second-order valence-corrected chi connectivity index (χ2v) is 9.85. The number of likely N-dealkylation sites (N-methyl/N-ethyl adjacent to an activating group) is 1. The van der Waals surface area contributed by atoms with Gasteiger partial charge in [0.15, 0.2) is 0 Å². The molecular formula is C27H32N8O. The molecule has 2 heterocycles. The third kappa shape index (κ3) is 5.89. The monoisotopic (exact) mass is 484 g/mol. The van der Waals surface area contributed by atoms with E-state index in [0.29, 0.717) is 30.9 Å². The number of hydrogen-bond acceptors (Lipinski definition) is 7. The number of nitriles is 1. The van der Waals surface area contributed by atoms with Crippen LogP contribution in [-0.4, -0.2) is 50.2 Å². The van der Waals surface area contributed by atoms with Crippen molar-refractivity contribution in [3.8, 4) is 17.3 Å². The standard InChI is InChI=1S/C27H32N8O/c1-34(23-9-10-23)18-26(36)31-21-7-4-8-22(15-21)32-27-29-14-12-24(33-27)20-16-30-35(17-20)25(11-13-28)19-5-2-3-6-19/h4,7-8,12,14-17,19,23,25H,2-3,5-6,9-11,18H2,1H3,(H,31,36)(H,29,32,33). The number of nitrogens with zero attached hydrogens (tertiary/aromatic N) is 6. The Labute approximate surface area is 211 Å². The highest BCUT2D eigenvalue weighted by molar-refractivity contribution is 5.92. The van der Waals surface area contributed by atoms with Gasteiger partial charge in [0.05, 0.1) is 37.0 Å². The quantitative estimate of drug-likeness (QED) is 0.427. The van der Waals surface area contributed by atoms with E-state index in [-0.39, 0.29) is 11.9 Å². The zero-order valence-electron chi connectivity index (χ0n) is 20.6. The first-order chi connectivity index (χ1) is 17.6. The fourth-order valence-electron chi connectivity index (χ4n) is 5.02. The highest BCUT2D eigenvalue weighted by atomic mass is 16.2. The molecule has 0 aliphatic heterocycles. The molecule has 0 spiro atoms. The summed E-state index contributed by atoms with van der Waals surface area (Å²) in [6, 6.07) is 12.4. The van der Waals surface area contributed by atoms with Gasteiger partial charge in [0.25, 0.3) is 0 Å². The first-order valence-electron chi connectivity index (χ1n) is 12.7. The van der Waals surface area contributed by atoms with Gasteiger partial charge in [-0.15, -0.1) is 0 Å². The van der Waals surface area contributed by atoms with Gasteiger partial charge in [0.1, 0.15) is 0 Å². The summed E-state index contributed by atoms with van der Waals surface area (Å²) in [6.07, 6.45) is 13.1. The molecule has 2 N–H and O–H groups in total. The molecule has 1 amide bonds. The number of aromatic nitrogens is 4. The van der Waals surface area contributed by atoms with Gasteiger partial charge < -0.3 is 10.6 Å². The first kappa shape index (κ1) is 23.9. The summed E-state index contributed by atoms with van der Waals surface area (Å²) >= 11 is 0. The first-order valence-corrected chi connectivity index (χ1v) is 12.7. The SMILES string of the molecule is CN(CC(=O)Nc1cccc(Nc2nccc(-c3cnn(C(CC#N)C4CCCC4)c3)n2)c1)C1CC1. The Hall–Kier alpha value is -3.77. The van der Waals surface area contributed by atoms with Crippen LogP contribution in [0.4, 0.5) is 17.3 Å². The summed E-state index contributed by atoms with van der Waals surface area (Å²) in [7, 11) is 1.99.